The lowest BCUT2D eigenvalue weighted by molar-refractivity contribution is 0.213. The molecule has 0 amide bonds. The van der Waals surface area contributed by atoms with Gasteiger partial charge in [0.1, 0.15) is 0 Å². The van der Waals surface area contributed by atoms with Gasteiger partial charge in [0.25, 0.3) is 0 Å². The second kappa shape index (κ2) is 7.12. The molecule has 0 spiro atoms. The normalized spacial score (nSPS) is 19.3. The van der Waals surface area contributed by atoms with Crippen molar-refractivity contribution in [1.29, 1.82) is 0 Å². The summed E-state index contributed by atoms with van der Waals surface area (Å²) in [6.45, 7) is 7.37. The maximum absolute atomic E-state index is 6.49. The quantitative estimate of drug-likeness (QED) is 0.838. The summed E-state index contributed by atoms with van der Waals surface area (Å²) in [7, 11) is 4.18. The lowest BCUT2D eigenvalue weighted by atomic mass is 9.79. The molecule has 5 heteroatoms. The number of hydrogen-bond acceptors (Lipinski definition) is 3. The van der Waals surface area contributed by atoms with Crippen LogP contribution in [0.2, 0.25) is 5.02 Å². The summed E-state index contributed by atoms with van der Waals surface area (Å²) in [6.07, 6.45) is 6.97. The minimum Gasteiger partial charge on any atom is -0.308 e. The van der Waals surface area contributed by atoms with Crippen molar-refractivity contribution in [3.05, 3.63) is 16.9 Å². The monoisotopic (exact) mass is 312 g/mol. The molecule has 0 aliphatic heterocycles. The van der Waals surface area contributed by atoms with Crippen LogP contribution in [0.25, 0.3) is 0 Å². The second-order valence-electron chi connectivity index (χ2n) is 6.76. The van der Waals surface area contributed by atoms with Gasteiger partial charge in [-0.15, -0.1) is 0 Å². The Morgan fingerprint density at radius 2 is 2.10 bits per heavy atom. The fraction of sp³-hybridized carbons (Fsp3) is 0.812. The number of rotatable bonds is 7. The first-order valence-electron chi connectivity index (χ1n) is 8.07. The third-order valence-electron chi connectivity index (χ3n) is 4.72. The molecule has 1 aromatic rings. The van der Waals surface area contributed by atoms with E-state index in [4.69, 9.17) is 11.6 Å². The second-order valence-corrected chi connectivity index (χ2v) is 7.16. The van der Waals surface area contributed by atoms with Gasteiger partial charge < -0.3 is 10.2 Å². The number of nitrogens with one attached hydrogen (secondary N) is 1. The third kappa shape index (κ3) is 3.79. The van der Waals surface area contributed by atoms with E-state index in [1.54, 1.807) is 6.20 Å². The summed E-state index contributed by atoms with van der Waals surface area (Å²) in [4.78, 5) is 2.18. The molecular formula is C16H29ClN4. The van der Waals surface area contributed by atoms with E-state index in [1.807, 2.05) is 0 Å². The maximum Gasteiger partial charge on any atom is 0.0834 e. The Bertz CT molecular complexity index is 449. The van der Waals surface area contributed by atoms with E-state index in [0.29, 0.717) is 6.04 Å². The van der Waals surface area contributed by atoms with Crippen LogP contribution in [0.1, 0.15) is 51.3 Å². The summed E-state index contributed by atoms with van der Waals surface area (Å²) in [6, 6.07) is 0.294. The van der Waals surface area contributed by atoms with Crippen molar-refractivity contribution in [2.75, 3.05) is 27.2 Å². The first-order valence-corrected chi connectivity index (χ1v) is 8.45. The van der Waals surface area contributed by atoms with Gasteiger partial charge in [-0.2, -0.15) is 5.10 Å². The average Bonchev–Trinajstić information content (AvgIpc) is 3.01. The van der Waals surface area contributed by atoms with Gasteiger partial charge in [0, 0.05) is 6.54 Å². The zero-order chi connectivity index (χ0) is 15.5. The highest BCUT2D eigenvalue weighted by atomic mass is 35.5. The van der Waals surface area contributed by atoms with Crippen LogP contribution in [-0.4, -0.2) is 41.9 Å². The van der Waals surface area contributed by atoms with E-state index in [0.717, 1.165) is 24.7 Å². The van der Waals surface area contributed by atoms with Crippen LogP contribution in [0.3, 0.4) is 0 Å². The molecule has 1 aromatic heterocycles. The molecule has 1 saturated carbocycles. The Hall–Kier alpha value is -0.580. The number of likely N-dealkylation sites (N-methyl/N-ethyl adjacent to an activating group) is 1. The summed E-state index contributed by atoms with van der Waals surface area (Å²) in [5.41, 5.74) is 1.46. The van der Waals surface area contributed by atoms with Crippen LogP contribution < -0.4 is 5.32 Å². The Labute approximate surface area is 133 Å². The average molecular weight is 313 g/mol. The van der Waals surface area contributed by atoms with Crippen LogP contribution in [-0.2, 0) is 6.54 Å². The van der Waals surface area contributed by atoms with Crippen molar-refractivity contribution in [1.82, 2.24) is 20.0 Å². The molecular weight excluding hydrogens is 284 g/mol. The highest BCUT2D eigenvalue weighted by molar-refractivity contribution is 6.31. The smallest absolute Gasteiger partial charge is 0.0834 e. The largest absolute Gasteiger partial charge is 0.308 e. The van der Waals surface area contributed by atoms with E-state index in [-0.39, 0.29) is 5.41 Å². The van der Waals surface area contributed by atoms with Gasteiger partial charge in [0.05, 0.1) is 29.5 Å². The Balaban J connectivity index is 2.29. The van der Waals surface area contributed by atoms with Gasteiger partial charge in [-0.25, -0.2) is 0 Å². The third-order valence-corrected chi connectivity index (χ3v) is 5.01. The molecule has 4 nitrogen and oxygen atoms in total. The van der Waals surface area contributed by atoms with E-state index in [1.165, 1.54) is 31.4 Å². The topological polar surface area (TPSA) is 33.1 Å². The van der Waals surface area contributed by atoms with Gasteiger partial charge >= 0.3 is 0 Å². The van der Waals surface area contributed by atoms with Gasteiger partial charge in [-0.05, 0) is 38.9 Å². The van der Waals surface area contributed by atoms with Crippen molar-refractivity contribution in [2.45, 2.75) is 52.1 Å². The Morgan fingerprint density at radius 3 is 2.67 bits per heavy atom. The van der Waals surface area contributed by atoms with Crippen molar-refractivity contribution in [2.24, 2.45) is 5.41 Å². The van der Waals surface area contributed by atoms with Gasteiger partial charge in [0.2, 0.25) is 0 Å². The zero-order valence-electron chi connectivity index (χ0n) is 13.8. The minimum absolute atomic E-state index is 0.287. The van der Waals surface area contributed by atoms with Gasteiger partial charge in [-0.3, -0.25) is 4.68 Å². The zero-order valence-corrected chi connectivity index (χ0v) is 14.6. The standard InChI is InChI=1S/C16H29ClN4/c1-5-18-15(16(2)8-6-7-9-16)14-13(17)12-19-21(14)11-10-20(3)4/h12,15,18H,5-11H2,1-4H3. The molecule has 0 radical (unpaired) electrons. The van der Waals surface area contributed by atoms with E-state index in [2.05, 4.69) is 47.9 Å². The molecule has 1 aliphatic carbocycles. The minimum atomic E-state index is 0.287. The Morgan fingerprint density at radius 1 is 1.43 bits per heavy atom. The highest BCUT2D eigenvalue weighted by Crippen LogP contribution is 2.48. The lowest BCUT2D eigenvalue weighted by Gasteiger charge is -2.35. The summed E-state index contributed by atoms with van der Waals surface area (Å²) in [5, 5.41) is 8.99. The number of halogens is 1. The molecule has 1 heterocycles. The maximum atomic E-state index is 6.49. The van der Waals surface area contributed by atoms with Crippen molar-refractivity contribution >= 4 is 11.6 Å². The predicted molar refractivity (Wildman–Crippen MR) is 88.8 cm³/mol. The van der Waals surface area contributed by atoms with E-state index >= 15 is 0 Å². The molecule has 2 rings (SSSR count). The fourth-order valence-corrected chi connectivity index (χ4v) is 3.73. The molecule has 1 N–H and O–H groups in total. The molecule has 1 fully saturated rings. The van der Waals surface area contributed by atoms with E-state index < -0.39 is 0 Å². The molecule has 0 bridgehead atoms. The van der Waals surface area contributed by atoms with Crippen LogP contribution in [0.15, 0.2) is 6.20 Å². The van der Waals surface area contributed by atoms with Gasteiger partial charge in [-0.1, -0.05) is 38.3 Å². The van der Waals surface area contributed by atoms with Crippen molar-refractivity contribution in [3.8, 4) is 0 Å². The first kappa shape index (κ1) is 16.8. The highest BCUT2D eigenvalue weighted by Gasteiger charge is 2.40. The van der Waals surface area contributed by atoms with Crippen LogP contribution in [0.5, 0.6) is 0 Å². The first-order chi connectivity index (χ1) is 9.98. The molecule has 1 aliphatic rings. The Kier molecular flexibility index (Phi) is 5.69. The number of nitrogens with zero attached hydrogens (tertiary/aromatic N) is 3. The van der Waals surface area contributed by atoms with E-state index in [9.17, 15) is 0 Å². The van der Waals surface area contributed by atoms with Crippen LogP contribution in [0.4, 0.5) is 0 Å². The lowest BCUT2D eigenvalue weighted by Crippen LogP contribution is -2.36. The summed E-state index contributed by atoms with van der Waals surface area (Å²) in [5.74, 6) is 0. The van der Waals surface area contributed by atoms with Crippen LogP contribution in [0, 0.1) is 5.41 Å². The molecule has 0 saturated heterocycles. The van der Waals surface area contributed by atoms with Crippen LogP contribution >= 0.6 is 11.6 Å². The molecule has 21 heavy (non-hydrogen) atoms. The molecule has 120 valence electrons. The predicted octanol–water partition coefficient (Wildman–Crippen LogP) is 3.33. The SMILES string of the molecule is CCNC(c1c(Cl)cnn1CCN(C)C)C1(C)CCCC1. The van der Waals surface area contributed by atoms with Crippen molar-refractivity contribution in [3.63, 3.8) is 0 Å². The van der Waals surface area contributed by atoms with Gasteiger partial charge in [0.15, 0.2) is 0 Å². The molecule has 1 unspecified atom stereocenters. The number of hydrogen-bond donors (Lipinski definition) is 1. The fourth-order valence-electron chi connectivity index (χ4n) is 3.48. The summed E-state index contributed by atoms with van der Waals surface area (Å²) < 4.78 is 2.10. The molecule has 1 atom stereocenters. The van der Waals surface area contributed by atoms with Crippen molar-refractivity contribution < 1.29 is 0 Å². The summed E-state index contributed by atoms with van der Waals surface area (Å²) >= 11 is 6.49. The number of aromatic nitrogens is 2. The molecule has 0 aromatic carbocycles.